The molecule has 0 bridgehead atoms. The number of hydrogen-bond acceptors (Lipinski definition) is 0. The van der Waals surface area contributed by atoms with E-state index in [-0.39, 0.29) is 0 Å². The summed E-state index contributed by atoms with van der Waals surface area (Å²) in [6.07, 6.45) is 1.29. The second kappa shape index (κ2) is 5.55. The lowest BCUT2D eigenvalue weighted by atomic mass is 10.4. The van der Waals surface area contributed by atoms with E-state index in [0.29, 0.717) is 0 Å². The first-order valence-electron chi connectivity index (χ1n) is 3.78. The van der Waals surface area contributed by atoms with Crippen molar-refractivity contribution in [2.24, 2.45) is 0 Å². The zero-order valence-electron chi connectivity index (χ0n) is 6.39. The fourth-order valence-electron chi connectivity index (χ4n) is 0.856. The molecule has 0 spiro atoms. The van der Waals surface area contributed by atoms with Gasteiger partial charge in [-0.1, -0.05) is 57.5 Å². The summed E-state index contributed by atoms with van der Waals surface area (Å²) in [5.41, 5.74) is 0. The van der Waals surface area contributed by atoms with Crippen LogP contribution in [0.15, 0.2) is 30.3 Å². The van der Waals surface area contributed by atoms with E-state index in [1.54, 1.807) is 0 Å². The van der Waals surface area contributed by atoms with Crippen LogP contribution in [-0.4, -0.2) is 14.8 Å². The molecular formula is C9H11BrSi. The number of hydrogen-bond donors (Lipinski definition) is 0. The van der Waals surface area contributed by atoms with Crippen molar-refractivity contribution in [1.82, 2.24) is 0 Å². The lowest BCUT2D eigenvalue weighted by molar-refractivity contribution is 1.11. The van der Waals surface area contributed by atoms with Crippen molar-refractivity contribution in [3.8, 4) is 0 Å². The summed E-state index contributed by atoms with van der Waals surface area (Å²) in [5, 5.41) is 2.61. The lowest BCUT2D eigenvalue weighted by Gasteiger charge is -1.96. The second-order valence-electron chi connectivity index (χ2n) is 2.34. The molecule has 0 saturated heterocycles. The summed E-state index contributed by atoms with van der Waals surface area (Å²) in [4.78, 5) is 0. The van der Waals surface area contributed by atoms with Gasteiger partial charge in [0, 0.05) is 5.33 Å². The van der Waals surface area contributed by atoms with Gasteiger partial charge in [-0.25, -0.2) is 0 Å². The number of rotatable bonds is 4. The maximum absolute atomic E-state index is 3.43. The maximum atomic E-state index is 3.43. The topological polar surface area (TPSA) is 0 Å². The fourth-order valence-corrected chi connectivity index (χ4v) is 2.72. The Morgan fingerprint density at radius 3 is 2.55 bits per heavy atom. The molecular weight excluding hydrogens is 216 g/mol. The molecule has 0 heterocycles. The van der Waals surface area contributed by atoms with Gasteiger partial charge in [0.2, 0.25) is 0 Å². The minimum Gasteiger partial charge on any atom is -0.0928 e. The van der Waals surface area contributed by atoms with Gasteiger partial charge < -0.3 is 0 Å². The SMILES string of the molecule is BrCCC[Si]c1ccccc1. The van der Waals surface area contributed by atoms with Crippen LogP contribution in [0.5, 0.6) is 0 Å². The standard InChI is InChI=1S/C9H11BrSi/c10-7-4-8-11-9-5-2-1-3-6-9/h1-3,5-6H,4,7-8H2. The minimum atomic E-state index is 0.981. The quantitative estimate of drug-likeness (QED) is 0.420. The molecule has 0 aliphatic heterocycles. The summed E-state index contributed by atoms with van der Waals surface area (Å²) in [7, 11) is 0.981. The number of alkyl halides is 1. The molecule has 2 radical (unpaired) electrons. The van der Waals surface area contributed by atoms with Crippen LogP contribution >= 0.6 is 15.9 Å². The average Bonchev–Trinajstić information content (AvgIpc) is 2.07. The second-order valence-corrected chi connectivity index (χ2v) is 4.56. The van der Waals surface area contributed by atoms with E-state index >= 15 is 0 Å². The first-order chi connectivity index (χ1) is 5.43. The Labute approximate surface area is 79.0 Å². The van der Waals surface area contributed by atoms with Crippen molar-refractivity contribution >= 4 is 30.6 Å². The Morgan fingerprint density at radius 1 is 1.18 bits per heavy atom. The third-order valence-corrected chi connectivity index (χ3v) is 3.32. The predicted octanol–water partition coefficient (Wildman–Crippen LogP) is 2.22. The predicted molar refractivity (Wildman–Crippen MR) is 55.0 cm³/mol. The molecule has 58 valence electrons. The van der Waals surface area contributed by atoms with Gasteiger partial charge in [-0.3, -0.25) is 0 Å². The third kappa shape index (κ3) is 3.73. The van der Waals surface area contributed by atoms with Gasteiger partial charge >= 0.3 is 0 Å². The highest BCUT2D eigenvalue weighted by Gasteiger charge is 1.91. The van der Waals surface area contributed by atoms with E-state index in [2.05, 4.69) is 46.3 Å². The first kappa shape index (κ1) is 9.01. The van der Waals surface area contributed by atoms with Gasteiger partial charge in [0.1, 0.15) is 0 Å². The zero-order valence-corrected chi connectivity index (χ0v) is 8.97. The van der Waals surface area contributed by atoms with E-state index in [0.717, 1.165) is 14.8 Å². The average molecular weight is 227 g/mol. The Balaban J connectivity index is 2.28. The van der Waals surface area contributed by atoms with E-state index in [9.17, 15) is 0 Å². The van der Waals surface area contributed by atoms with Crippen LogP contribution in [0.2, 0.25) is 6.04 Å². The molecule has 0 aliphatic rings. The summed E-state index contributed by atoms with van der Waals surface area (Å²) in [5.74, 6) is 0. The molecule has 11 heavy (non-hydrogen) atoms. The van der Waals surface area contributed by atoms with Crippen LogP contribution < -0.4 is 5.19 Å². The summed E-state index contributed by atoms with van der Waals surface area (Å²) >= 11 is 3.43. The number of halogens is 1. The van der Waals surface area contributed by atoms with Gasteiger partial charge in [-0.05, 0) is 6.42 Å². The highest BCUT2D eigenvalue weighted by molar-refractivity contribution is 9.09. The van der Waals surface area contributed by atoms with Gasteiger partial charge in [0.25, 0.3) is 0 Å². The Kier molecular flexibility index (Phi) is 4.55. The number of benzene rings is 1. The molecule has 0 nitrogen and oxygen atoms in total. The molecule has 0 aromatic heterocycles. The molecule has 0 saturated carbocycles. The molecule has 0 unspecified atom stereocenters. The van der Waals surface area contributed by atoms with Crippen LogP contribution in [0, 0.1) is 0 Å². The molecule has 1 aromatic carbocycles. The van der Waals surface area contributed by atoms with E-state index < -0.39 is 0 Å². The largest absolute Gasteiger partial charge is 0.0928 e. The Hall–Kier alpha value is -0.0831. The van der Waals surface area contributed by atoms with Gasteiger partial charge in [0.05, 0.1) is 9.52 Å². The lowest BCUT2D eigenvalue weighted by Crippen LogP contribution is -2.12. The smallest absolute Gasteiger partial charge is 0.0808 e. The zero-order chi connectivity index (χ0) is 7.94. The monoisotopic (exact) mass is 226 g/mol. The molecule has 0 atom stereocenters. The summed E-state index contributed by atoms with van der Waals surface area (Å²) < 4.78 is 0. The Bertz CT molecular complexity index is 186. The van der Waals surface area contributed by atoms with Crippen LogP contribution in [-0.2, 0) is 0 Å². The van der Waals surface area contributed by atoms with Crippen LogP contribution in [0.1, 0.15) is 6.42 Å². The van der Waals surface area contributed by atoms with E-state index in [1.807, 2.05) is 0 Å². The normalized spacial score (nSPS) is 9.91. The third-order valence-electron chi connectivity index (χ3n) is 1.41. The van der Waals surface area contributed by atoms with Gasteiger partial charge in [-0.2, -0.15) is 0 Å². The van der Waals surface area contributed by atoms with Crippen LogP contribution in [0.25, 0.3) is 0 Å². The van der Waals surface area contributed by atoms with Crippen molar-refractivity contribution in [2.75, 3.05) is 5.33 Å². The van der Waals surface area contributed by atoms with Gasteiger partial charge in [-0.15, -0.1) is 0 Å². The van der Waals surface area contributed by atoms with E-state index in [1.165, 1.54) is 17.7 Å². The van der Waals surface area contributed by atoms with Crippen molar-refractivity contribution in [3.63, 3.8) is 0 Å². The molecule has 0 amide bonds. The maximum Gasteiger partial charge on any atom is 0.0808 e. The molecule has 1 aromatic rings. The van der Waals surface area contributed by atoms with Crippen LogP contribution in [0.4, 0.5) is 0 Å². The van der Waals surface area contributed by atoms with Crippen molar-refractivity contribution in [3.05, 3.63) is 30.3 Å². The molecule has 0 fully saturated rings. The molecule has 2 heteroatoms. The van der Waals surface area contributed by atoms with Gasteiger partial charge in [0.15, 0.2) is 0 Å². The molecule has 0 N–H and O–H groups in total. The Morgan fingerprint density at radius 2 is 1.91 bits per heavy atom. The highest BCUT2D eigenvalue weighted by atomic mass is 79.9. The molecule has 1 rings (SSSR count). The van der Waals surface area contributed by atoms with Crippen molar-refractivity contribution in [2.45, 2.75) is 12.5 Å². The van der Waals surface area contributed by atoms with E-state index in [4.69, 9.17) is 0 Å². The fraction of sp³-hybridized carbons (Fsp3) is 0.333. The minimum absolute atomic E-state index is 0.981. The summed E-state index contributed by atoms with van der Waals surface area (Å²) in [6, 6.07) is 12.0. The van der Waals surface area contributed by atoms with Crippen molar-refractivity contribution < 1.29 is 0 Å². The van der Waals surface area contributed by atoms with Crippen LogP contribution in [0.3, 0.4) is 0 Å². The molecule has 0 aliphatic carbocycles. The highest BCUT2D eigenvalue weighted by Crippen LogP contribution is 1.93. The van der Waals surface area contributed by atoms with Crippen molar-refractivity contribution in [1.29, 1.82) is 0 Å². The summed E-state index contributed by atoms with van der Waals surface area (Å²) in [6.45, 7) is 0. The first-order valence-corrected chi connectivity index (χ1v) is 6.11.